The number of esters is 1. The minimum atomic E-state index is -0.451. The van der Waals surface area contributed by atoms with E-state index in [1.807, 2.05) is 13.0 Å². The predicted octanol–water partition coefficient (Wildman–Crippen LogP) is 1.42. The lowest BCUT2D eigenvalue weighted by Gasteiger charge is -2.21. The number of methoxy groups -OCH3 is 1. The van der Waals surface area contributed by atoms with Crippen LogP contribution < -0.4 is 15.5 Å². The molecule has 0 spiro atoms. The fourth-order valence-corrected chi connectivity index (χ4v) is 2.32. The van der Waals surface area contributed by atoms with E-state index in [9.17, 15) is 14.4 Å². The highest BCUT2D eigenvalue weighted by Gasteiger charge is 2.24. The topological polar surface area (TPSA) is 87.7 Å². The van der Waals surface area contributed by atoms with E-state index in [0.717, 1.165) is 6.42 Å². The smallest absolute Gasteiger partial charge is 0.311 e. The van der Waals surface area contributed by atoms with Crippen molar-refractivity contribution in [2.75, 3.05) is 30.4 Å². The molecule has 0 bridgehead atoms. The van der Waals surface area contributed by atoms with E-state index in [4.69, 9.17) is 0 Å². The molecule has 1 aromatic rings. The second kappa shape index (κ2) is 8.14. The largest absolute Gasteiger partial charge is 0.469 e. The van der Waals surface area contributed by atoms with Crippen molar-refractivity contribution >= 4 is 29.2 Å². The van der Waals surface area contributed by atoms with Crippen LogP contribution in [0.5, 0.6) is 0 Å². The Kier molecular flexibility index (Phi) is 5.95. The molecular formula is C17H21N3O4. The lowest BCUT2D eigenvalue weighted by molar-refractivity contribution is -0.139. The van der Waals surface area contributed by atoms with Crippen molar-refractivity contribution in [1.82, 2.24) is 5.32 Å². The standard InChI is InChI=1S/C17H21N3O4/c1-3-8-18-15(21)11-20-14-7-5-4-6-13(14)19-12(9-16(20)22)10-17(23)24-2/h4-7,9,19H,3,8,10-11H2,1-2H3,(H,18,21). The maximum Gasteiger partial charge on any atom is 0.311 e. The average molecular weight is 331 g/mol. The monoisotopic (exact) mass is 331 g/mol. The van der Waals surface area contributed by atoms with Gasteiger partial charge in [-0.15, -0.1) is 0 Å². The predicted molar refractivity (Wildman–Crippen MR) is 90.4 cm³/mol. The van der Waals surface area contributed by atoms with Gasteiger partial charge in [-0.2, -0.15) is 0 Å². The molecule has 2 rings (SSSR count). The van der Waals surface area contributed by atoms with Gasteiger partial charge in [-0.3, -0.25) is 19.3 Å². The molecule has 0 unspecified atom stereocenters. The quantitative estimate of drug-likeness (QED) is 0.770. The van der Waals surface area contributed by atoms with E-state index in [2.05, 4.69) is 15.4 Å². The molecule has 1 aliphatic heterocycles. The maximum atomic E-state index is 12.5. The van der Waals surface area contributed by atoms with Gasteiger partial charge in [0.1, 0.15) is 6.54 Å². The van der Waals surface area contributed by atoms with E-state index < -0.39 is 5.97 Å². The van der Waals surface area contributed by atoms with Gasteiger partial charge in [-0.05, 0) is 18.6 Å². The summed E-state index contributed by atoms with van der Waals surface area (Å²) in [4.78, 5) is 37.5. The summed E-state index contributed by atoms with van der Waals surface area (Å²) in [6, 6.07) is 7.14. The number of amides is 2. The third kappa shape index (κ3) is 4.34. The molecule has 128 valence electrons. The molecule has 2 N–H and O–H groups in total. The first-order valence-electron chi connectivity index (χ1n) is 7.76. The zero-order valence-corrected chi connectivity index (χ0v) is 13.8. The van der Waals surface area contributed by atoms with Crippen molar-refractivity contribution in [1.29, 1.82) is 0 Å². The number of carbonyl (C=O) groups excluding carboxylic acids is 3. The number of hydrogen-bond acceptors (Lipinski definition) is 5. The second-order valence-electron chi connectivity index (χ2n) is 5.34. The van der Waals surface area contributed by atoms with Gasteiger partial charge < -0.3 is 15.4 Å². The maximum absolute atomic E-state index is 12.5. The van der Waals surface area contributed by atoms with E-state index in [1.165, 1.54) is 18.1 Å². The number of anilines is 2. The summed E-state index contributed by atoms with van der Waals surface area (Å²) in [5, 5.41) is 5.82. The number of nitrogens with zero attached hydrogens (tertiary/aromatic N) is 1. The Hall–Kier alpha value is -2.83. The van der Waals surface area contributed by atoms with Crippen LogP contribution in [-0.4, -0.2) is 38.0 Å². The number of hydrogen-bond donors (Lipinski definition) is 2. The summed E-state index contributed by atoms with van der Waals surface area (Å²) in [5.74, 6) is -1.05. The molecule has 24 heavy (non-hydrogen) atoms. The van der Waals surface area contributed by atoms with E-state index in [0.29, 0.717) is 23.6 Å². The Morgan fingerprint density at radius 1 is 1.29 bits per heavy atom. The van der Waals surface area contributed by atoms with Gasteiger partial charge in [0.25, 0.3) is 5.91 Å². The summed E-state index contributed by atoms with van der Waals surface area (Å²) in [7, 11) is 1.29. The lowest BCUT2D eigenvalue weighted by atomic mass is 10.2. The number of ether oxygens (including phenoxy) is 1. The van der Waals surface area contributed by atoms with Crippen molar-refractivity contribution in [3.05, 3.63) is 36.0 Å². The second-order valence-corrected chi connectivity index (χ2v) is 5.34. The van der Waals surface area contributed by atoms with Gasteiger partial charge in [-0.25, -0.2) is 0 Å². The van der Waals surface area contributed by atoms with Crippen molar-refractivity contribution in [3.63, 3.8) is 0 Å². The van der Waals surface area contributed by atoms with Crippen LogP contribution in [0.4, 0.5) is 11.4 Å². The molecular weight excluding hydrogens is 310 g/mol. The Morgan fingerprint density at radius 3 is 2.75 bits per heavy atom. The van der Waals surface area contributed by atoms with Crippen molar-refractivity contribution < 1.29 is 19.1 Å². The number of nitrogens with one attached hydrogen (secondary N) is 2. The molecule has 0 aromatic heterocycles. The number of fused-ring (bicyclic) bond motifs is 1. The van der Waals surface area contributed by atoms with E-state index >= 15 is 0 Å². The van der Waals surface area contributed by atoms with Crippen LogP contribution in [0.1, 0.15) is 19.8 Å². The molecule has 1 heterocycles. The number of para-hydroxylation sites is 2. The molecule has 0 saturated heterocycles. The van der Waals surface area contributed by atoms with Crippen LogP contribution in [-0.2, 0) is 19.1 Å². The van der Waals surface area contributed by atoms with E-state index in [-0.39, 0.29) is 24.8 Å². The summed E-state index contributed by atoms with van der Waals surface area (Å²) in [6.07, 6.45) is 2.09. The van der Waals surface area contributed by atoms with Gasteiger partial charge in [-0.1, -0.05) is 19.1 Å². The van der Waals surface area contributed by atoms with Crippen LogP contribution in [0.3, 0.4) is 0 Å². The van der Waals surface area contributed by atoms with Crippen molar-refractivity contribution in [2.24, 2.45) is 0 Å². The van der Waals surface area contributed by atoms with Crippen molar-refractivity contribution in [3.8, 4) is 0 Å². The molecule has 2 amide bonds. The van der Waals surface area contributed by atoms with Crippen LogP contribution >= 0.6 is 0 Å². The van der Waals surface area contributed by atoms with Gasteiger partial charge in [0.2, 0.25) is 5.91 Å². The summed E-state index contributed by atoms with van der Waals surface area (Å²) in [5.41, 5.74) is 1.67. The first kappa shape index (κ1) is 17.5. The molecule has 0 aliphatic carbocycles. The zero-order valence-electron chi connectivity index (χ0n) is 13.8. The lowest BCUT2D eigenvalue weighted by Crippen LogP contribution is -2.40. The fraction of sp³-hybridized carbons (Fsp3) is 0.353. The molecule has 7 nitrogen and oxygen atoms in total. The number of carbonyl (C=O) groups is 3. The molecule has 0 saturated carbocycles. The molecule has 1 aliphatic rings. The van der Waals surface area contributed by atoms with Crippen LogP contribution in [0.15, 0.2) is 36.0 Å². The molecule has 7 heteroatoms. The van der Waals surface area contributed by atoms with Crippen molar-refractivity contribution in [2.45, 2.75) is 19.8 Å². The molecule has 1 aromatic carbocycles. The Bertz CT molecular complexity index is 670. The Morgan fingerprint density at radius 2 is 2.04 bits per heavy atom. The minimum Gasteiger partial charge on any atom is -0.469 e. The highest BCUT2D eigenvalue weighted by molar-refractivity contribution is 6.09. The first-order chi connectivity index (χ1) is 11.5. The summed E-state index contributed by atoms with van der Waals surface area (Å²) >= 11 is 0. The Labute approximate surface area is 140 Å². The van der Waals surface area contributed by atoms with E-state index in [1.54, 1.807) is 18.2 Å². The average Bonchev–Trinajstić information content (AvgIpc) is 2.69. The third-order valence-corrected chi connectivity index (χ3v) is 3.49. The van der Waals surface area contributed by atoms with Gasteiger partial charge >= 0.3 is 5.97 Å². The van der Waals surface area contributed by atoms with Crippen LogP contribution in [0.2, 0.25) is 0 Å². The number of rotatable bonds is 6. The molecule has 0 radical (unpaired) electrons. The van der Waals surface area contributed by atoms with Crippen LogP contribution in [0, 0.1) is 0 Å². The fourth-order valence-electron chi connectivity index (χ4n) is 2.32. The normalized spacial score (nSPS) is 13.3. The summed E-state index contributed by atoms with van der Waals surface area (Å²) in [6.45, 7) is 2.43. The van der Waals surface area contributed by atoms with Crippen LogP contribution in [0.25, 0.3) is 0 Å². The number of benzene rings is 1. The van der Waals surface area contributed by atoms with Gasteiger partial charge in [0.15, 0.2) is 0 Å². The third-order valence-electron chi connectivity index (χ3n) is 3.49. The summed E-state index contributed by atoms with van der Waals surface area (Å²) < 4.78 is 4.64. The zero-order chi connectivity index (χ0) is 17.5. The molecule has 0 fully saturated rings. The minimum absolute atomic E-state index is 0.0492. The highest BCUT2D eigenvalue weighted by Crippen LogP contribution is 2.30. The highest BCUT2D eigenvalue weighted by atomic mass is 16.5. The van der Waals surface area contributed by atoms with Gasteiger partial charge in [0, 0.05) is 18.3 Å². The first-order valence-corrected chi connectivity index (χ1v) is 7.76. The molecule has 0 atom stereocenters. The van der Waals surface area contributed by atoms with Gasteiger partial charge in [0.05, 0.1) is 24.9 Å². The SMILES string of the molecule is CCCNC(=O)CN1C(=O)C=C(CC(=O)OC)Nc2ccccc21. The Balaban J connectivity index is 2.28.